The third-order valence-electron chi connectivity index (χ3n) is 3.04. The molecule has 0 saturated heterocycles. The van der Waals surface area contributed by atoms with E-state index in [0.29, 0.717) is 0 Å². The Labute approximate surface area is 110 Å². The van der Waals surface area contributed by atoms with Crippen molar-refractivity contribution in [2.45, 2.75) is 24.3 Å². The number of nitrogens with zero attached hydrogens (tertiary/aromatic N) is 1. The molecular formula is C10H14N4O4S. The average molecular weight is 286 g/mol. The summed E-state index contributed by atoms with van der Waals surface area (Å²) < 4.78 is 26.7. The topological polar surface area (TPSA) is 127 Å². The molecule has 1 saturated carbocycles. The van der Waals surface area contributed by atoms with Gasteiger partial charge in [0.2, 0.25) is 10.0 Å². The standard InChI is InChI=1S/C10H14N4O4S/c1-6-5-8(6)13-19(17,18)9-4-2-3-7(12-11)10(9)14(15)16/h2-4,6,8,12-13H,5,11H2,1H3. The molecule has 0 spiro atoms. The van der Waals surface area contributed by atoms with Crippen molar-refractivity contribution in [1.82, 2.24) is 4.72 Å². The van der Waals surface area contributed by atoms with Gasteiger partial charge in [0.15, 0.2) is 4.90 Å². The van der Waals surface area contributed by atoms with Crippen molar-refractivity contribution < 1.29 is 13.3 Å². The molecule has 8 nitrogen and oxygen atoms in total. The second-order valence-electron chi connectivity index (χ2n) is 4.49. The van der Waals surface area contributed by atoms with Gasteiger partial charge < -0.3 is 5.43 Å². The fraction of sp³-hybridized carbons (Fsp3) is 0.400. The number of rotatable bonds is 5. The Morgan fingerprint density at radius 1 is 1.47 bits per heavy atom. The first-order chi connectivity index (χ1) is 8.86. The summed E-state index contributed by atoms with van der Waals surface area (Å²) in [7, 11) is -3.93. The number of nitro benzene ring substituents is 1. The van der Waals surface area contributed by atoms with Gasteiger partial charge in [-0.15, -0.1) is 0 Å². The number of benzene rings is 1. The van der Waals surface area contributed by atoms with Crippen molar-refractivity contribution in [3.05, 3.63) is 28.3 Å². The summed E-state index contributed by atoms with van der Waals surface area (Å²) in [6, 6.07) is 3.78. The zero-order chi connectivity index (χ0) is 14.2. The second-order valence-corrected chi connectivity index (χ2v) is 6.18. The van der Waals surface area contributed by atoms with E-state index in [-0.39, 0.29) is 22.5 Å². The molecule has 4 N–H and O–H groups in total. The Hall–Kier alpha value is -1.71. The van der Waals surface area contributed by atoms with Gasteiger partial charge in [0.05, 0.1) is 4.92 Å². The zero-order valence-electron chi connectivity index (χ0n) is 10.2. The minimum Gasteiger partial charge on any atom is -0.318 e. The van der Waals surface area contributed by atoms with Crippen LogP contribution in [0.1, 0.15) is 13.3 Å². The quantitative estimate of drug-likeness (QED) is 0.412. The van der Waals surface area contributed by atoms with E-state index in [4.69, 9.17) is 5.84 Å². The molecule has 0 amide bonds. The maximum absolute atomic E-state index is 12.1. The molecule has 0 heterocycles. The van der Waals surface area contributed by atoms with Gasteiger partial charge in [-0.1, -0.05) is 13.0 Å². The number of nitro groups is 1. The van der Waals surface area contributed by atoms with Gasteiger partial charge in [0, 0.05) is 6.04 Å². The fourth-order valence-electron chi connectivity index (χ4n) is 1.79. The lowest BCUT2D eigenvalue weighted by molar-refractivity contribution is -0.386. The van der Waals surface area contributed by atoms with Crippen LogP contribution >= 0.6 is 0 Å². The smallest absolute Gasteiger partial charge is 0.313 e. The van der Waals surface area contributed by atoms with Crippen molar-refractivity contribution >= 4 is 21.4 Å². The molecule has 0 aromatic heterocycles. The maximum atomic E-state index is 12.1. The van der Waals surface area contributed by atoms with Gasteiger partial charge in [-0.05, 0) is 24.5 Å². The highest BCUT2D eigenvalue weighted by Gasteiger charge is 2.38. The van der Waals surface area contributed by atoms with Crippen molar-refractivity contribution in [1.29, 1.82) is 0 Å². The number of sulfonamides is 1. The molecule has 9 heteroatoms. The van der Waals surface area contributed by atoms with E-state index >= 15 is 0 Å². The van der Waals surface area contributed by atoms with Crippen LogP contribution < -0.4 is 16.0 Å². The summed E-state index contributed by atoms with van der Waals surface area (Å²) in [6.45, 7) is 1.90. The van der Waals surface area contributed by atoms with Crippen LogP contribution in [0.3, 0.4) is 0 Å². The fourth-order valence-corrected chi connectivity index (χ4v) is 3.34. The van der Waals surface area contributed by atoms with E-state index in [1.54, 1.807) is 0 Å². The van der Waals surface area contributed by atoms with E-state index in [1.165, 1.54) is 18.2 Å². The van der Waals surface area contributed by atoms with Gasteiger partial charge in [0.25, 0.3) is 0 Å². The Morgan fingerprint density at radius 2 is 2.11 bits per heavy atom. The molecule has 0 aliphatic heterocycles. The van der Waals surface area contributed by atoms with Crippen LogP contribution in [0.4, 0.5) is 11.4 Å². The molecule has 0 radical (unpaired) electrons. The number of nitrogens with two attached hydrogens (primary N) is 1. The number of hydrogen-bond donors (Lipinski definition) is 3. The minimum atomic E-state index is -3.93. The summed E-state index contributed by atoms with van der Waals surface area (Å²) in [4.78, 5) is 9.89. The predicted octanol–water partition coefficient (Wildman–Crippen LogP) is 0.567. The van der Waals surface area contributed by atoms with Gasteiger partial charge in [0.1, 0.15) is 5.69 Å². The van der Waals surface area contributed by atoms with Crippen LogP contribution in [0.25, 0.3) is 0 Å². The predicted molar refractivity (Wildman–Crippen MR) is 68.8 cm³/mol. The number of hydrogen-bond acceptors (Lipinski definition) is 6. The largest absolute Gasteiger partial charge is 0.318 e. The summed E-state index contributed by atoms with van der Waals surface area (Å²) in [6.07, 6.45) is 0.738. The van der Waals surface area contributed by atoms with Gasteiger partial charge in [-0.3, -0.25) is 16.0 Å². The average Bonchev–Trinajstić information content (AvgIpc) is 3.02. The van der Waals surface area contributed by atoms with Gasteiger partial charge in [-0.25, -0.2) is 13.1 Å². The van der Waals surface area contributed by atoms with Gasteiger partial charge in [-0.2, -0.15) is 0 Å². The highest BCUT2D eigenvalue weighted by atomic mass is 32.2. The second kappa shape index (κ2) is 4.76. The molecule has 1 aliphatic carbocycles. The lowest BCUT2D eigenvalue weighted by Gasteiger charge is -2.09. The summed E-state index contributed by atoms with van der Waals surface area (Å²) in [5.41, 5.74) is 1.54. The van der Waals surface area contributed by atoms with E-state index in [0.717, 1.165) is 6.42 Å². The lowest BCUT2D eigenvalue weighted by atomic mass is 10.3. The van der Waals surface area contributed by atoms with Crippen LogP contribution in [0.2, 0.25) is 0 Å². The first kappa shape index (κ1) is 13.7. The number of nitrogens with one attached hydrogen (secondary N) is 2. The number of para-hydroxylation sites is 1. The van der Waals surface area contributed by atoms with Crippen molar-refractivity contribution in [3.63, 3.8) is 0 Å². The molecule has 1 aromatic rings. The first-order valence-electron chi connectivity index (χ1n) is 5.63. The molecule has 104 valence electrons. The molecule has 1 fully saturated rings. The minimum absolute atomic E-state index is 0.0447. The third kappa shape index (κ3) is 2.67. The Balaban J connectivity index is 2.46. The van der Waals surface area contributed by atoms with Crippen molar-refractivity contribution in [2.24, 2.45) is 11.8 Å². The maximum Gasteiger partial charge on any atom is 0.313 e. The number of nitrogen functional groups attached to an aromatic ring is 1. The van der Waals surface area contributed by atoms with Crippen LogP contribution in [-0.4, -0.2) is 19.4 Å². The van der Waals surface area contributed by atoms with Crippen molar-refractivity contribution in [2.75, 3.05) is 5.43 Å². The molecule has 1 aliphatic rings. The molecule has 1 aromatic carbocycles. The first-order valence-corrected chi connectivity index (χ1v) is 7.11. The van der Waals surface area contributed by atoms with E-state index in [9.17, 15) is 18.5 Å². The van der Waals surface area contributed by atoms with E-state index in [2.05, 4.69) is 10.1 Å². The van der Waals surface area contributed by atoms with E-state index in [1.807, 2.05) is 6.92 Å². The third-order valence-corrected chi connectivity index (χ3v) is 4.56. The molecule has 2 rings (SSSR count). The summed E-state index contributed by atoms with van der Waals surface area (Å²) >= 11 is 0. The summed E-state index contributed by atoms with van der Waals surface area (Å²) in [5, 5.41) is 11.0. The van der Waals surface area contributed by atoms with Crippen LogP contribution in [0.5, 0.6) is 0 Å². The number of anilines is 1. The lowest BCUT2D eigenvalue weighted by Crippen LogP contribution is -2.27. The van der Waals surface area contributed by atoms with Crippen LogP contribution in [-0.2, 0) is 10.0 Å². The highest BCUT2D eigenvalue weighted by Crippen LogP contribution is 2.34. The molecule has 0 bridgehead atoms. The highest BCUT2D eigenvalue weighted by molar-refractivity contribution is 7.89. The molecule has 2 unspecified atom stereocenters. The van der Waals surface area contributed by atoms with Crippen LogP contribution in [0, 0.1) is 16.0 Å². The Bertz CT molecular complexity index is 616. The van der Waals surface area contributed by atoms with Crippen LogP contribution in [0.15, 0.2) is 23.1 Å². The summed E-state index contributed by atoms with van der Waals surface area (Å²) in [5.74, 6) is 5.42. The molecular weight excluding hydrogens is 272 g/mol. The zero-order valence-corrected chi connectivity index (χ0v) is 11.0. The van der Waals surface area contributed by atoms with Crippen molar-refractivity contribution in [3.8, 4) is 0 Å². The normalized spacial score (nSPS) is 22.0. The SMILES string of the molecule is CC1CC1NS(=O)(=O)c1cccc(NN)c1[N+](=O)[O-]. The Morgan fingerprint density at radius 3 is 2.58 bits per heavy atom. The van der Waals surface area contributed by atoms with E-state index < -0.39 is 20.6 Å². The molecule has 2 atom stereocenters. The monoisotopic (exact) mass is 286 g/mol. The Kier molecular flexibility index (Phi) is 3.43. The molecule has 19 heavy (non-hydrogen) atoms. The van der Waals surface area contributed by atoms with Gasteiger partial charge >= 0.3 is 5.69 Å². The number of hydrazine groups is 1.